The molecule has 2 aromatic rings. The molecular formula is C10H9FN4S2. The number of aromatic nitrogens is 2. The van der Waals surface area contributed by atoms with Gasteiger partial charge in [-0.1, -0.05) is 18.3 Å². The van der Waals surface area contributed by atoms with Crippen LogP contribution in [0.2, 0.25) is 0 Å². The number of nitrogens with two attached hydrogens (primary N) is 1. The van der Waals surface area contributed by atoms with E-state index in [9.17, 15) is 4.39 Å². The quantitative estimate of drug-likeness (QED) is 0.837. The Bertz CT molecular complexity index is 567. The molecule has 0 saturated carbocycles. The van der Waals surface area contributed by atoms with Gasteiger partial charge in [-0.25, -0.2) is 9.37 Å². The molecule has 88 valence electrons. The minimum Gasteiger partial charge on any atom is -0.389 e. The van der Waals surface area contributed by atoms with Gasteiger partial charge in [-0.15, -0.1) is 0 Å². The van der Waals surface area contributed by atoms with E-state index < -0.39 is 5.82 Å². The lowest BCUT2D eigenvalue weighted by Gasteiger charge is -2.09. The third kappa shape index (κ3) is 2.56. The van der Waals surface area contributed by atoms with Gasteiger partial charge in [0.1, 0.15) is 16.6 Å². The van der Waals surface area contributed by atoms with Crippen molar-refractivity contribution >= 4 is 39.6 Å². The van der Waals surface area contributed by atoms with Crippen LogP contribution in [0.5, 0.6) is 0 Å². The number of aryl methyl sites for hydroxylation is 1. The Morgan fingerprint density at radius 2 is 2.29 bits per heavy atom. The number of anilines is 2. The minimum absolute atomic E-state index is 0.00633. The van der Waals surface area contributed by atoms with E-state index in [4.69, 9.17) is 18.0 Å². The van der Waals surface area contributed by atoms with E-state index in [-0.39, 0.29) is 10.6 Å². The molecule has 0 aliphatic carbocycles. The van der Waals surface area contributed by atoms with Crippen LogP contribution in [0.4, 0.5) is 15.2 Å². The van der Waals surface area contributed by atoms with Gasteiger partial charge in [-0.3, -0.25) is 0 Å². The molecule has 0 atom stereocenters. The third-order valence-corrected chi connectivity index (χ3v) is 2.96. The molecule has 0 bridgehead atoms. The van der Waals surface area contributed by atoms with Gasteiger partial charge in [0.05, 0.1) is 11.3 Å². The molecule has 7 heteroatoms. The van der Waals surface area contributed by atoms with Crippen molar-refractivity contribution < 1.29 is 4.39 Å². The molecule has 0 aliphatic rings. The Hall–Kier alpha value is -1.60. The maximum atomic E-state index is 13.6. The minimum atomic E-state index is -0.455. The first-order valence-corrected chi connectivity index (χ1v) is 5.91. The van der Waals surface area contributed by atoms with Gasteiger partial charge in [0.2, 0.25) is 5.13 Å². The van der Waals surface area contributed by atoms with E-state index >= 15 is 0 Å². The molecule has 4 nitrogen and oxygen atoms in total. The SMILES string of the molecule is Cc1nsc(Nc2cccc(F)c2C(N)=S)n1. The number of hydrogen-bond acceptors (Lipinski definition) is 5. The van der Waals surface area contributed by atoms with Crippen molar-refractivity contribution in [2.75, 3.05) is 5.32 Å². The molecule has 3 N–H and O–H groups in total. The summed E-state index contributed by atoms with van der Waals surface area (Å²) < 4.78 is 17.6. The van der Waals surface area contributed by atoms with E-state index in [0.717, 1.165) is 0 Å². The summed E-state index contributed by atoms with van der Waals surface area (Å²) in [6.45, 7) is 1.78. The van der Waals surface area contributed by atoms with Gasteiger partial charge in [0.15, 0.2) is 0 Å². The summed E-state index contributed by atoms with van der Waals surface area (Å²) in [5.41, 5.74) is 6.18. The second kappa shape index (κ2) is 4.72. The summed E-state index contributed by atoms with van der Waals surface area (Å²) in [5.74, 6) is 0.203. The predicted octanol–water partition coefficient (Wildman–Crippen LogP) is 2.36. The van der Waals surface area contributed by atoms with Gasteiger partial charge in [-0.2, -0.15) is 4.37 Å². The highest BCUT2D eigenvalue weighted by Crippen LogP contribution is 2.24. The predicted molar refractivity (Wildman–Crippen MR) is 70.2 cm³/mol. The summed E-state index contributed by atoms with van der Waals surface area (Å²) >= 11 is 6.02. The van der Waals surface area contributed by atoms with Crippen LogP contribution in [0.25, 0.3) is 0 Å². The number of rotatable bonds is 3. The maximum Gasteiger partial charge on any atom is 0.207 e. The third-order valence-electron chi connectivity index (χ3n) is 2.03. The van der Waals surface area contributed by atoms with E-state index in [2.05, 4.69) is 14.7 Å². The maximum absolute atomic E-state index is 13.6. The molecule has 1 aromatic heterocycles. The second-order valence-corrected chi connectivity index (χ2v) is 4.49. The van der Waals surface area contributed by atoms with Crippen LogP contribution >= 0.6 is 23.8 Å². The van der Waals surface area contributed by atoms with Crippen molar-refractivity contribution in [3.8, 4) is 0 Å². The number of nitrogens with one attached hydrogen (secondary N) is 1. The number of thiocarbonyl (C=S) groups is 1. The zero-order chi connectivity index (χ0) is 12.4. The largest absolute Gasteiger partial charge is 0.389 e. The lowest BCUT2D eigenvalue weighted by Crippen LogP contribution is -2.14. The summed E-state index contributed by atoms with van der Waals surface area (Å²) in [6, 6.07) is 4.58. The summed E-state index contributed by atoms with van der Waals surface area (Å²) in [5, 5.41) is 3.53. The normalized spacial score (nSPS) is 10.2. The molecule has 0 aliphatic heterocycles. The highest BCUT2D eigenvalue weighted by atomic mass is 32.1. The van der Waals surface area contributed by atoms with E-state index in [1.807, 2.05) is 0 Å². The van der Waals surface area contributed by atoms with Crippen molar-refractivity contribution in [1.82, 2.24) is 9.36 Å². The Morgan fingerprint density at radius 3 is 2.88 bits per heavy atom. The molecule has 17 heavy (non-hydrogen) atoms. The highest BCUT2D eigenvalue weighted by Gasteiger charge is 2.12. The average Bonchev–Trinajstić information content (AvgIpc) is 2.63. The Morgan fingerprint density at radius 1 is 1.53 bits per heavy atom. The zero-order valence-electron chi connectivity index (χ0n) is 8.90. The van der Waals surface area contributed by atoms with Crippen LogP contribution in [0.1, 0.15) is 11.4 Å². The molecule has 1 heterocycles. The topological polar surface area (TPSA) is 63.8 Å². The van der Waals surface area contributed by atoms with Crippen molar-refractivity contribution in [2.24, 2.45) is 5.73 Å². The van der Waals surface area contributed by atoms with Crippen molar-refractivity contribution in [1.29, 1.82) is 0 Å². The van der Waals surface area contributed by atoms with Crippen LogP contribution in [-0.2, 0) is 0 Å². The standard InChI is InChI=1S/C10H9FN4S2/c1-5-13-10(17-15-5)14-7-4-2-3-6(11)8(7)9(12)16/h2-4H,1H3,(H2,12,16)(H,13,14,15). The van der Waals surface area contributed by atoms with Gasteiger partial charge >= 0.3 is 0 Å². The van der Waals surface area contributed by atoms with Crippen LogP contribution < -0.4 is 11.1 Å². The number of benzene rings is 1. The second-order valence-electron chi connectivity index (χ2n) is 3.30. The molecule has 0 saturated heterocycles. The van der Waals surface area contributed by atoms with Crippen LogP contribution in [-0.4, -0.2) is 14.3 Å². The van der Waals surface area contributed by atoms with Crippen LogP contribution in [0.15, 0.2) is 18.2 Å². The molecule has 0 spiro atoms. The van der Waals surface area contributed by atoms with Crippen LogP contribution in [0, 0.1) is 12.7 Å². The fraction of sp³-hybridized carbons (Fsp3) is 0.100. The van der Waals surface area contributed by atoms with Gasteiger partial charge in [0, 0.05) is 11.5 Å². The highest BCUT2D eigenvalue weighted by molar-refractivity contribution is 7.80. The lowest BCUT2D eigenvalue weighted by atomic mass is 10.1. The summed E-state index contributed by atoms with van der Waals surface area (Å²) in [6.07, 6.45) is 0. The number of halogens is 1. The first kappa shape index (κ1) is 11.9. The monoisotopic (exact) mass is 268 g/mol. The molecule has 2 rings (SSSR count). The first-order chi connectivity index (χ1) is 8.08. The summed E-state index contributed by atoms with van der Waals surface area (Å²) in [7, 11) is 0. The molecular weight excluding hydrogens is 259 g/mol. The first-order valence-electron chi connectivity index (χ1n) is 4.73. The average molecular weight is 268 g/mol. The Labute approximate surface area is 107 Å². The fourth-order valence-electron chi connectivity index (χ4n) is 1.34. The molecule has 0 amide bonds. The van der Waals surface area contributed by atoms with Gasteiger partial charge < -0.3 is 11.1 Å². The van der Waals surface area contributed by atoms with E-state index in [1.165, 1.54) is 17.6 Å². The Balaban J connectivity index is 2.39. The summed E-state index contributed by atoms with van der Waals surface area (Å²) in [4.78, 5) is 4.13. The smallest absolute Gasteiger partial charge is 0.207 e. The molecule has 0 radical (unpaired) electrons. The van der Waals surface area contributed by atoms with Crippen molar-refractivity contribution in [3.63, 3.8) is 0 Å². The van der Waals surface area contributed by atoms with Crippen molar-refractivity contribution in [2.45, 2.75) is 6.92 Å². The van der Waals surface area contributed by atoms with E-state index in [0.29, 0.717) is 16.6 Å². The van der Waals surface area contributed by atoms with Gasteiger partial charge in [0.25, 0.3) is 0 Å². The number of hydrogen-bond donors (Lipinski definition) is 2. The van der Waals surface area contributed by atoms with Crippen molar-refractivity contribution in [3.05, 3.63) is 35.4 Å². The van der Waals surface area contributed by atoms with Crippen LogP contribution in [0.3, 0.4) is 0 Å². The van der Waals surface area contributed by atoms with E-state index in [1.54, 1.807) is 19.1 Å². The Kier molecular flexibility index (Phi) is 3.30. The van der Waals surface area contributed by atoms with Gasteiger partial charge in [-0.05, 0) is 19.1 Å². The fourth-order valence-corrected chi connectivity index (χ4v) is 2.14. The number of nitrogens with zero attached hydrogens (tertiary/aromatic N) is 2. The molecule has 1 aromatic carbocycles. The zero-order valence-corrected chi connectivity index (χ0v) is 10.5. The molecule has 0 unspecified atom stereocenters. The molecule has 0 fully saturated rings. The lowest BCUT2D eigenvalue weighted by molar-refractivity contribution is 0.626.